The molecule has 2 amide bonds. The van der Waals surface area contributed by atoms with E-state index in [1.807, 2.05) is 0 Å². The highest BCUT2D eigenvalue weighted by atomic mass is 16.8. The van der Waals surface area contributed by atoms with Gasteiger partial charge in [-0.1, -0.05) is 0 Å². The third kappa shape index (κ3) is 11.4. The van der Waals surface area contributed by atoms with Crippen molar-refractivity contribution in [3.63, 3.8) is 0 Å². The summed E-state index contributed by atoms with van der Waals surface area (Å²) in [6.45, 7) is -2.50. The van der Waals surface area contributed by atoms with Gasteiger partial charge in [-0.15, -0.1) is 0 Å². The molecular formula is C34H56N2O27. The van der Waals surface area contributed by atoms with Crippen molar-refractivity contribution in [2.24, 2.45) is 0 Å². The predicted octanol–water partition coefficient (Wildman–Crippen LogP) is -11.0. The number of aliphatic carboxylic acids is 2. The summed E-state index contributed by atoms with van der Waals surface area (Å²) in [7, 11) is 0. The van der Waals surface area contributed by atoms with Crippen molar-refractivity contribution in [3.8, 4) is 0 Å². The Balaban J connectivity index is 1.64. The number of carbonyl (C=O) groups excluding carboxylic acids is 2. The SMILES string of the molecule is CC(=O)N[C@@H]1[C@@H](O[C@@H]2O[C@H](CO)[C@H](O)[C@H](O[C@]3(C(=O)O)C[C@H](O)[C@@H](O)[C@H]([C@H](O)[C@H](O)CO)O3)[C@H]2O)[C@@H](O)[C@@H](CO[C@]2(C(=O)O)C[C@H](O)[C@@H](NC(C)=O)[C@H]([C@H](O)[C@H](O)CO)O2)O[C@@H]1O. The smallest absolute Gasteiger partial charge is 0.364 e. The molecule has 0 aromatic carbocycles. The second-order valence-corrected chi connectivity index (χ2v) is 15.5. The molecule has 364 valence electrons. The molecule has 0 unspecified atom stereocenters. The molecule has 4 saturated heterocycles. The zero-order chi connectivity index (χ0) is 47.5. The summed E-state index contributed by atoms with van der Waals surface area (Å²) < 4.78 is 38.6. The number of amides is 2. The minimum Gasteiger partial charge on any atom is -0.477 e. The Morgan fingerprint density at radius 3 is 1.68 bits per heavy atom. The van der Waals surface area contributed by atoms with Gasteiger partial charge in [0.1, 0.15) is 91.5 Å². The van der Waals surface area contributed by atoms with Crippen LogP contribution in [0.4, 0.5) is 0 Å². The summed E-state index contributed by atoms with van der Waals surface area (Å²) in [5, 5.41) is 172. The molecule has 29 heteroatoms. The third-order valence-corrected chi connectivity index (χ3v) is 10.9. The number of nitrogens with one attached hydrogen (secondary N) is 2. The monoisotopic (exact) mass is 924 g/mol. The summed E-state index contributed by atoms with van der Waals surface area (Å²) in [6.07, 6.45) is -40.3. The largest absolute Gasteiger partial charge is 0.477 e. The number of carbonyl (C=O) groups is 4. The highest BCUT2D eigenvalue weighted by Gasteiger charge is 2.61. The van der Waals surface area contributed by atoms with E-state index >= 15 is 0 Å². The predicted molar refractivity (Wildman–Crippen MR) is 191 cm³/mol. The quantitative estimate of drug-likeness (QED) is 0.0607. The van der Waals surface area contributed by atoms with Crippen LogP contribution < -0.4 is 10.6 Å². The summed E-state index contributed by atoms with van der Waals surface area (Å²) in [4.78, 5) is 49.5. The number of hydrogen-bond acceptors (Lipinski definition) is 25. The second kappa shape index (κ2) is 21.6. The van der Waals surface area contributed by atoms with Crippen molar-refractivity contribution in [1.29, 1.82) is 0 Å². The number of aliphatic hydroxyl groups is 14. The van der Waals surface area contributed by atoms with Gasteiger partial charge in [0.05, 0.1) is 44.7 Å². The normalized spacial score (nSPS) is 42.9. The Morgan fingerprint density at radius 1 is 0.651 bits per heavy atom. The molecule has 29 nitrogen and oxygen atoms in total. The van der Waals surface area contributed by atoms with E-state index < -0.39 is 197 Å². The summed E-state index contributed by atoms with van der Waals surface area (Å²) in [5.74, 6) is -11.9. The van der Waals surface area contributed by atoms with Gasteiger partial charge in [-0.05, 0) is 0 Å². The van der Waals surface area contributed by atoms with Crippen LogP contribution in [0, 0.1) is 0 Å². The number of rotatable bonds is 18. The molecule has 0 aliphatic carbocycles. The fourth-order valence-corrected chi connectivity index (χ4v) is 7.61. The molecule has 0 radical (unpaired) electrons. The van der Waals surface area contributed by atoms with Gasteiger partial charge in [-0.25, -0.2) is 9.59 Å². The molecule has 0 aromatic heterocycles. The molecule has 18 N–H and O–H groups in total. The van der Waals surface area contributed by atoms with Gasteiger partial charge in [0.15, 0.2) is 12.6 Å². The van der Waals surface area contributed by atoms with Crippen LogP contribution in [-0.4, -0.2) is 266 Å². The summed E-state index contributed by atoms with van der Waals surface area (Å²) in [5.41, 5.74) is 0. The number of carboxylic acids is 2. The lowest BCUT2D eigenvalue weighted by atomic mass is 9.88. The van der Waals surface area contributed by atoms with E-state index in [2.05, 4.69) is 10.6 Å². The van der Waals surface area contributed by atoms with E-state index in [-0.39, 0.29) is 0 Å². The first kappa shape index (κ1) is 52.7. The van der Waals surface area contributed by atoms with Gasteiger partial charge < -0.3 is 125 Å². The lowest BCUT2D eigenvalue weighted by Gasteiger charge is -2.50. The molecule has 4 fully saturated rings. The Morgan fingerprint density at radius 2 is 1.16 bits per heavy atom. The first-order chi connectivity index (χ1) is 29.4. The molecule has 4 aliphatic rings. The van der Waals surface area contributed by atoms with E-state index in [0.29, 0.717) is 0 Å². The zero-order valence-electron chi connectivity index (χ0n) is 33.4. The van der Waals surface area contributed by atoms with Gasteiger partial charge in [0.2, 0.25) is 11.8 Å². The molecule has 63 heavy (non-hydrogen) atoms. The van der Waals surface area contributed by atoms with Gasteiger partial charge >= 0.3 is 11.9 Å². The highest BCUT2D eigenvalue weighted by Crippen LogP contribution is 2.39. The van der Waals surface area contributed by atoms with Crippen molar-refractivity contribution >= 4 is 23.8 Å². The average molecular weight is 925 g/mol. The minimum absolute atomic E-state index is 0.787. The van der Waals surface area contributed by atoms with Crippen molar-refractivity contribution in [1.82, 2.24) is 10.6 Å². The molecule has 4 rings (SSSR count). The third-order valence-electron chi connectivity index (χ3n) is 10.9. The number of hydrogen-bond donors (Lipinski definition) is 18. The first-order valence-electron chi connectivity index (χ1n) is 19.3. The number of aliphatic hydroxyl groups excluding tert-OH is 14. The fraction of sp³-hybridized carbons (Fsp3) is 0.882. The van der Waals surface area contributed by atoms with E-state index in [1.165, 1.54) is 0 Å². The average Bonchev–Trinajstić information content (AvgIpc) is 3.22. The summed E-state index contributed by atoms with van der Waals surface area (Å²) in [6, 6.07) is -3.40. The maximum atomic E-state index is 12.7. The van der Waals surface area contributed by atoms with Crippen molar-refractivity contribution in [2.45, 2.75) is 161 Å². The molecule has 4 aliphatic heterocycles. The van der Waals surface area contributed by atoms with E-state index in [1.54, 1.807) is 0 Å². The van der Waals surface area contributed by atoms with Crippen LogP contribution in [0.1, 0.15) is 26.7 Å². The van der Waals surface area contributed by atoms with Gasteiger partial charge in [0, 0.05) is 26.7 Å². The maximum absolute atomic E-state index is 12.7. The Kier molecular flexibility index (Phi) is 18.0. The number of ether oxygens (including phenoxy) is 7. The van der Waals surface area contributed by atoms with Crippen LogP contribution >= 0.6 is 0 Å². The van der Waals surface area contributed by atoms with E-state index in [9.17, 15) is 101 Å². The standard InChI is InChI=1S/C34H56N2O27/c1-9(40)35-17-11(42)3-33(31(53)54,61-26(17)20(47)13(44)5-37)57-8-16-23(50)25(18(29(52)58-16)36-10(2)41)60-30-24(51)28(22(49)15(7-39)59-30)63-34(32(55)56)4-12(43)19(46)27(62-34)21(48)14(45)6-38/h11-30,37-39,42-52H,3-8H2,1-2H3,(H,35,40)(H,36,41)(H,53,54)(H,55,56)/t11-,12-,13+,14+,15+,16+,17+,18+,19+,20+,21+,22-,23-,24+,25+,26+,27+,28-,29-,30-,33+,34-/m0/s1. The van der Waals surface area contributed by atoms with Crippen LogP contribution in [-0.2, 0) is 52.3 Å². The first-order valence-corrected chi connectivity index (χ1v) is 19.3. The van der Waals surface area contributed by atoms with Crippen LogP contribution in [0.3, 0.4) is 0 Å². The van der Waals surface area contributed by atoms with Gasteiger partial charge in [-0.2, -0.15) is 0 Å². The van der Waals surface area contributed by atoms with Crippen molar-refractivity contribution < 1.29 is 134 Å². The highest BCUT2D eigenvalue weighted by molar-refractivity contribution is 5.77. The molecule has 0 spiro atoms. The van der Waals surface area contributed by atoms with Gasteiger partial charge in [0.25, 0.3) is 11.6 Å². The lowest BCUT2D eigenvalue weighted by Crippen LogP contribution is -2.70. The zero-order valence-corrected chi connectivity index (χ0v) is 33.4. The molecule has 0 saturated carbocycles. The minimum atomic E-state index is -3.19. The lowest BCUT2D eigenvalue weighted by molar-refractivity contribution is -0.386. The fourth-order valence-electron chi connectivity index (χ4n) is 7.61. The van der Waals surface area contributed by atoms with Crippen LogP contribution in [0.2, 0.25) is 0 Å². The van der Waals surface area contributed by atoms with Crippen molar-refractivity contribution in [3.05, 3.63) is 0 Å². The van der Waals surface area contributed by atoms with E-state index in [0.717, 1.165) is 13.8 Å². The van der Waals surface area contributed by atoms with Gasteiger partial charge in [-0.3, -0.25) is 9.59 Å². The van der Waals surface area contributed by atoms with Crippen LogP contribution in [0.5, 0.6) is 0 Å². The topological polar surface area (TPSA) is 481 Å². The Labute approximate surface area is 355 Å². The molecule has 0 bridgehead atoms. The second-order valence-electron chi connectivity index (χ2n) is 15.5. The molecule has 0 aromatic rings. The molecule has 22 atom stereocenters. The summed E-state index contributed by atoms with van der Waals surface area (Å²) >= 11 is 0. The molecule has 4 heterocycles. The maximum Gasteiger partial charge on any atom is 0.364 e. The Hall–Kier alpha value is -2.96. The van der Waals surface area contributed by atoms with Crippen LogP contribution in [0.15, 0.2) is 0 Å². The van der Waals surface area contributed by atoms with Crippen LogP contribution in [0.25, 0.3) is 0 Å². The molecular weight excluding hydrogens is 868 g/mol. The Bertz CT molecular complexity index is 1570. The van der Waals surface area contributed by atoms with E-state index in [4.69, 9.17) is 33.2 Å². The van der Waals surface area contributed by atoms with Crippen molar-refractivity contribution in [2.75, 3.05) is 26.4 Å². The number of carboxylic acid groups (broad SMARTS) is 2.